The van der Waals surface area contributed by atoms with Gasteiger partial charge < -0.3 is 5.32 Å². The fourth-order valence-corrected chi connectivity index (χ4v) is 2.82. The molecule has 3 heteroatoms. The summed E-state index contributed by atoms with van der Waals surface area (Å²) in [6.45, 7) is 10.4. The third-order valence-electron chi connectivity index (χ3n) is 3.61. The summed E-state index contributed by atoms with van der Waals surface area (Å²) in [5.41, 5.74) is 0.308. The summed E-state index contributed by atoms with van der Waals surface area (Å²) >= 11 is 5.90. The molecule has 1 N–H and O–H groups in total. The molecule has 0 aromatic heterocycles. The fourth-order valence-electron chi connectivity index (χ4n) is 2.65. The van der Waals surface area contributed by atoms with Gasteiger partial charge in [0.2, 0.25) is 0 Å². The molecule has 1 saturated carbocycles. The second-order valence-corrected chi connectivity index (χ2v) is 5.73. The number of hydrogen-bond acceptors (Lipinski definition) is 2. The lowest BCUT2D eigenvalue weighted by Crippen LogP contribution is -2.51. The molecule has 0 spiro atoms. The van der Waals surface area contributed by atoms with E-state index in [-0.39, 0.29) is 0 Å². The Hall–Kier alpha value is -0.0500. The third kappa shape index (κ3) is 2.96. The zero-order chi connectivity index (χ0) is 10.9. The van der Waals surface area contributed by atoms with Crippen LogP contribution in [-0.4, -0.2) is 36.6 Å². The Morgan fingerprint density at radius 1 is 1.60 bits per heavy atom. The van der Waals surface area contributed by atoms with E-state index in [4.69, 9.17) is 11.6 Å². The van der Waals surface area contributed by atoms with Gasteiger partial charge in [0, 0.05) is 23.7 Å². The van der Waals surface area contributed by atoms with Crippen LogP contribution in [-0.2, 0) is 0 Å². The van der Waals surface area contributed by atoms with E-state index >= 15 is 0 Å². The maximum absolute atomic E-state index is 5.90. The van der Waals surface area contributed by atoms with E-state index in [0.717, 1.165) is 37.1 Å². The highest BCUT2D eigenvalue weighted by atomic mass is 35.5. The minimum absolute atomic E-state index is 0.308. The molecule has 0 aromatic carbocycles. The van der Waals surface area contributed by atoms with E-state index in [1.54, 1.807) is 0 Å². The van der Waals surface area contributed by atoms with Gasteiger partial charge in [-0.15, -0.1) is 0 Å². The Bertz CT molecular complexity index is 250. The molecule has 0 aromatic rings. The molecule has 2 rings (SSSR count). The van der Waals surface area contributed by atoms with Crippen molar-refractivity contribution in [3.63, 3.8) is 0 Å². The number of nitrogens with zero attached hydrogens (tertiary/aromatic N) is 1. The monoisotopic (exact) mass is 228 g/mol. The van der Waals surface area contributed by atoms with Gasteiger partial charge in [-0.25, -0.2) is 0 Å². The molecule has 86 valence electrons. The first-order valence-electron chi connectivity index (χ1n) is 5.91. The summed E-state index contributed by atoms with van der Waals surface area (Å²) in [5.74, 6) is 0.877. The van der Waals surface area contributed by atoms with Crippen LogP contribution in [0.15, 0.2) is 11.6 Å². The van der Waals surface area contributed by atoms with E-state index in [9.17, 15) is 0 Å². The Labute approximate surface area is 97.7 Å². The zero-order valence-electron chi connectivity index (χ0n) is 9.56. The van der Waals surface area contributed by atoms with Gasteiger partial charge in [0.15, 0.2) is 0 Å². The molecule has 15 heavy (non-hydrogen) atoms. The predicted molar refractivity (Wildman–Crippen MR) is 65.2 cm³/mol. The molecule has 1 unspecified atom stereocenters. The van der Waals surface area contributed by atoms with Crippen molar-refractivity contribution in [1.29, 1.82) is 0 Å². The van der Waals surface area contributed by atoms with Crippen LogP contribution in [0.25, 0.3) is 0 Å². The molecule has 0 bridgehead atoms. The average Bonchev–Trinajstić information content (AvgIpc) is 2.91. The highest BCUT2D eigenvalue weighted by Gasteiger charge is 2.42. The van der Waals surface area contributed by atoms with E-state index in [0.29, 0.717) is 5.54 Å². The lowest BCUT2D eigenvalue weighted by Gasteiger charge is -2.33. The van der Waals surface area contributed by atoms with Gasteiger partial charge >= 0.3 is 0 Å². The Morgan fingerprint density at radius 2 is 2.33 bits per heavy atom. The van der Waals surface area contributed by atoms with Crippen molar-refractivity contribution >= 4 is 11.6 Å². The minimum atomic E-state index is 0.308. The molecule has 1 saturated heterocycles. The van der Waals surface area contributed by atoms with Crippen LogP contribution in [0.5, 0.6) is 0 Å². The van der Waals surface area contributed by atoms with Crippen molar-refractivity contribution in [2.24, 2.45) is 5.92 Å². The molecule has 1 aliphatic heterocycles. The van der Waals surface area contributed by atoms with Gasteiger partial charge in [-0.3, -0.25) is 4.90 Å². The smallest absolute Gasteiger partial charge is 0.0336 e. The summed E-state index contributed by atoms with van der Waals surface area (Å²) in [4.78, 5) is 2.44. The maximum Gasteiger partial charge on any atom is 0.0336 e. The minimum Gasteiger partial charge on any atom is -0.310 e. The van der Waals surface area contributed by atoms with Crippen LogP contribution in [0.4, 0.5) is 0 Å². The first-order chi connectivity index (χ1) is 7.10. The first kappa shape index (κ1) is 11.4. The summed E-state index contributed by atoms with van der Waals surface area (Å²) in [7, 11) is 0. The van der Waals surface area contributed by atoms with Crippen LogP contribution in [0, 0.1) is 5.92 Å². The normalized spacial score (nSPS) is 33.7. The summed E-state index contributed by atoms with van der Waals surface area (Å²) in [6, 6.07) is 0. The number of halogens is 1. The molecule has 2 nitrogen and oxygen atoms in total. The molecule has 2 fully saturated rings. The molecular formula is C12H21ClN2. The fraction of sp³-hybridized carbons (Fsp3) is 0.833. The first-order valence-corrected chi connectivity index (χ1v) is 6.29. The van der Waals surface area contributed by atoms with Crippen LogP contribution < -0.4 is 5.32 Å². The number of hydrogen-bond donors (Lipinski definition) is 1. The lowest BCUT2D eigenvalue weighted by molar-refractivity contribution is 0.215. The van der Waals surface area contributed by atoms with Crippen LogP contribution >= 0.6 is 11.6 Å². The van der Waals surface area contributed by atoms with Crippen molar-refractivity contribution in [2.75, 3.05) is 26.2 Å². The van der Waals surface area contributed by atoms with Gasteiger partial charge in [0.25, 0.3) is 0 Å². The average molecular weight is 229 g/mol. The van der Waals surface area contributed by atoms with E-state index in [1.165, 1.54) is 19.3 Å². The summed E-state index contributed by atoms with van der Waals surface area (Å²) in [5, 5.41) is 4.47. The second kappa shape index (κ2) is 4.44. The molecule has 2 aliphatic rings. The Balaban J connectivity index is 1.98. The van der Waals surface area contributed by atoms with Gasteiger partial charge in [-0.2, -0.15) is 0 Å². The van der Waals surface area contributed by atoms with Gasteiger partial charge in [0.1, 0.15) is 0 Å². The van der Waals surface area contributed by atoms with Crippen molar-refractivity contribution < 1.29 is 0 Å². The van der Waals surface area contributed by atoms with Crippen molar-refractivity contribution in [3.05, 3.63) is 11.6 Å². The standard InChI is InChI=1S/C12H21ClN2/c1-10(13)8-15-7-3-6-14-12(2,9-15)11-4-5-11/h11,14H,1,3-9H2,2H3. The largest absolute Gasteiger partial charge is 0.310 e. The zero-order valence-corrected chi connectivity index (χ0v) is 10.3. The highest BCUT2D eigenvalue weighted by Crippen LogP contribution is 2.40. The molecule has 1 heterocycles. The Morgan fingerprint density at radius 3 is 2.93 bits per heavy atom. The number of nitrogens with one attached hydrogen (secondary N) is 1. The van der Waals surface area contributed by atoms with Gasteiger partial charge in [0.05, 0.1) is 0 Å². The van der Waals surface area contributed by atoms with E-state index in [1.807, 2.05) is 0 Å². The third-order valence-corrected chi connectivity index (χ3v) is 3.73. The maximum atomic E-state index is 5.90. The summed E-state index contributed by atoms with van der Waals surface area (Å²) < 4.78 is 0. The molecule has 1 atom stereocenters. The van der Waals surface area contributed by atoms with Crippen molar-refractivity contribution in [3.8, 4) is 0 Å². The molecular weight excluding hydrogens is 208 g/mol. The molecule has 1 aliphatic carbocycles. The van der Waals surface area contributed by atoms with Crippen molar-refractivity contribution in [2.45, 2.75) is 31.7 Å². The highest BCUT2D eigenvalue weighted by molar-refractivity contribution is 6.29. The quantitative estimate of drug-likeness (QED) is 0.797. The van der Waals surface area contributed by atoms with E-state index < -0.39 is 0 Å². The van der Waals surface area contributed by atoms with Crippen molar-refractivity contribution in [1.82, 2.24) is 10.2 Å². The van der Waals surface area contributed by atoms with Crippen LogP contribution in [0.3, 0.4) is 0 Å². The van der Waals surface area contributed by atoms with Crippen LogP contribution in [0.2, 0.25) is 0 Å². The topological polar surface area (TPSA) is 15.3 Å². The second-order valence-electron chi connectivity index (χ2n) is 5.20. The van der Waals surface area contributed by atoms with Crippen LogP contribution in [0.1, 0.15) is 26.2 Å². The lowest BCUT2D eigenvalue weighted by atomic mass is 9.95. The molecule has 0 radical (unpaired) electrons. The number of rotatable bonds is 3. The predicted octanol–water partition coefficient (Wildman–Crippen LogP) is 2.20. The SMILES string of the molecule is C=C(Cl)CN1CCCNC(C)(C2CC2)C1. The summed E-state index contributed by atoms with van der Waals surface area (Å²) in [6.07, 6.45) is 3.99. The van der Waals surface area contributed by atoms with E-state index in [2.05, 4.69) is 23.7 Å². The van der Waals surface area contributed by atoms with Gasteiger partial charge in [-0.1, -0.05) is 18.2 Å². The molecule has 0 amide bonds. The van der Waals surface area contributed by atoms with Gasteiger partial charge in [-0.05, 0) is 45.2 Å². The Kier molecular flexibility index (Phi) is 3.39.